The van der Waals surface area contributed by atoms with Crippen molar-refractivity contribution in [1.82, 2.24) is 10.6 Å². The van der Waals surface area contributed by atoms with Gasteiger partial charge in [0.1, 0.15) is 0 Å². The zero-order valence-corrected chi connectivity index (χ0v) is 17.5. The topological polar surface area (TPSA) is 64.1 Å². The van der Waals surface area contributed by atoms with E-state index in [4.69, 9.17) is 25.8 Å². The molecule has 0 aromatic heterocycles. The van der Waals surface area contributed by atoms with Gasteiger partial charge in [-0.2, -0.15) is 0 Å². The lowest BCUT2D eigenvalue weighted by molar-refractivity contribution is 0.106. The van der Waals surface area contributed by atoms with Gasteiger partial charge in [0, 0.05) is 25.2 Å². The summed E-state index contributed by atoms with van der Waals surface area (Å²) >= 11 is 6.09. The molecular formula is C21H28ClN3O3. The van der Waals surface area contributed by atoms with Crippen LogP contribution in [0, 0.1) is 0 Å². The number of halogens is 1. The van der Waals surface area contributed by atoms with Crippen molar-refractivity contribution in [2.24, 2.45) is 4.99 Å². The molecule has 2 aromatic rings. The van der Waals surface area contributed by atoms with E-state index in [1.807, 2.05) is 49.4 Å². The highest BCUT2D eigenvalue weighted by atomic mass is 35.5. The molecule has 0 heterocycles. The Morgan fingerprint density at radius 1 is 1.04 bits per heavy atom. The molecule has 28 heavy (non-hydrogen) atoms. The third-order valence-corrected chi connectivity index (χ3v) is 4.41. The molecule has 1 atom stereocenters. The van der Waals surface area contributed by atoms with Gasteiger partial charge in [-0.25, -0.2) is 4.99 Å². The van der Waals surface area contributed by atoms with E-state index in [9.17, 15) is 0 Å². The molecule has 7 heteroatoms. The number of hydrogen-bond donors (Lipinski definition) is 2. The maximum atomic E-state index is 6.09. The van der Waals surface area contributed by atoms with Crippen LogP contribution >= 0.6 is 11.6 Å². The summed E-state index contributed by atoms with van der Waals surface area (Å²) in [5, 5.41) is 7.26. The summed E-state index contributed by atoms with van der Waals surface area (Å²) in [6.45, 7) is 3.85. The first-order valence-corrected chi connectivity index (χ1v) is 9.50. The standard InChI is InChI=1S/C21H28ClN3O3/c1-5-23-21(24-13-15-9-10-18(26-2)19(11-15)27-3)25-14-20(28-4)16-7-6-8-17(22)12-16/h6-12,20H,5,13-14H2,1-4H3,(H2,23,24,25). The summed E-state index contributed by atoms with van der Waals surface area (Å²) in [4.78, 5) is 4.65. The molecule has 0 aliphatic carbocycles. The van der Waals surface area contributed by atoms with Crippen LogP contribution in [0.5, 0.6) is 11.5 Å². The maximum absolute atomic E-state index is 6.09. The summed E-state index contributed by atoms with van der Waals surface area (Å²) in [5.74, 6) is 2.10. The van der Waals surface area contributed by atoms with Crippen LogP contribution in [-0.2, 0) is 11.3 Å². The summed E-state index contributed by atoms with van der Waals surface area (Å²) < 4.78 is 16.2. The molecule has 0 radical (unpaired) electrons. The molecule has 0 spiro atoms. The van der Waals surface area contributed by atoms with Crippen molar-refractivity contribution in [1.29, 1.82) is 0 Å². The third kappa shape index (κ3) is 6.32. The highest BCUT2D eigenvalue weighted by Gasteiger charge is 2.12. The van der Waals surface area contributed by atoms with E-state index >= 15 is 0 Å². The lowest BCUT2D eigenvalue weighted by Crippen LogP contribution is -2.39. The Balaban J connectivity index is 2.05. The average Bonchev–Trinajstić information content (AvgIpc) is 2.72. The van der Waals surface area contributed by atoms with Crippen molar-refractivity contribution in [2.45, 2.75) is 19.6 Å². The van der Waals surface area contributed by atoms with Gasteiger partial charge in [0.2, 0.25) is 0 Å². The van der Waals surface area contributed by atoms with E-state index in [0.717, 1.165) is 17.7 Å². The number of nitrogens with one attached hydrogen (secondary N) is 2. The van der Waals surface area contributed by atoms with Gasteiger partial charge in [-0.1, -0.05) is 29.8 Å². The van der Waals surface area contributed by atoms with Crippen LogP contribution < -0.4 is 20.1 Å². The van der Waals surface area contributed by atoms with Crippen LogP contribution in [0.15, 0.2) is 47.5 Å². The number of ether oxygens (including phenoxy) is 3. The monoisotopic (exact) mass is 405 g/mol. The Morgan fingerprint density at radius 2 is 1.82 bits per heavy atom. The molecule has 0 bridgehead atoms. The molecule has 2 aromatic carbocycles. The van der Waals surface area contributed by atoms with Crippen molar-refractivity contribution in [3.8, 4) is 11.5 Å². The number of benzene rings is 2. The molecule has 6 nitrogen and oxygen atoms in total. The number of rotatable bonds is 9. The number of aliphatic imine (C=N–C) groups is 1. The van der Waals surface area contributed by atoms with E-state index in [1.54, 1.807) is 21.3 Å². The second-order valence-electron chi connectivity index (χ2n) is 6.04. The first-order valence-electron chi connectivity index (χ1n) is 9.12. The largest absolute Gasteiger partial charge is 0.493 e. The van der Waals surface area contributed by atoms with Gasteiger partial charge in [-0.15, -0.1) is 0 Å². The van der Waals surface area contributed by atoms with Crippen molar-refractivity contribution in [3.63, 3.8) is 0 Å². The van der Waals surface area contributed by atoms with Gasteiger partial charge >= 0.3 is 0 Å². The highest BCUT2D eigenvalue weighted by Crippen LogP contribution is 2.27. The fourth-order valence-corrected chi connectivity index (χ4v) is 2.92. The van der Waals surface area contributed by atoms with Crippen molar-refractivity contribution < 1.29 is 14.2 Å². The molecule has 0 aliphatic heterocycles. The molecular weight excluding hydrogens is 378 g/mol. The normalized spacial score (nSPS) is 12.4. The van der Waals surface area contributed by atoms with Gasteiger partial charge in [-0.05, 0) is 42.3 Å². The molecule has 0 amide bonds. The molecule has 0 saturated heterocycles. The first kappa shape index (κ1) is 21.9. The Morgan fingerprint density at radius 3 is 2.46 bits per heavy atom. The molecule has 0 fully saturated rings. The molecule has 0 saturated carbocycles. The highest BCUT2D eigenvalue weighted by molar-refractivity contribution is 6.30. The fourth-order valence-electron chi connectivity index (χ4n) is 2.72. The van der Waals surface area contributed by atoms with E-state index < -0.39 is 0 Å². The fraction of sp³-hybridized carbons (Fsp3) is 0.381. The second-order valence-corrected chi connectivity index (χ2v) is 6.48. The van der Waals surface area contributed by atoms with E-state index in [1.165, 1.54) is 0 Å². The van der Waals surface area contributed by atoms with Gasteiger partial charge < -0.3 is 24.8 Å². The van der Waals surface area contributed by atoms with Crippen molar-refractivity contribution in [2.75, 3.05) is 34.4 Å². The van der Waals surface area contributed by atoms with Crippen LogP contribution in [0.2, 0.25) is 5.02 Å². The minimum absolute atomic E-state index is 0.136. The predicted molar refractivity (Wildman–Crippen MR) is 114 cm³/mol. The SMILES string of the molecule is CCNC(=NCc1ccc(OC)c(OC)c1)NCC(OC)c1cccc(Cl)c1. The van der Waals surface area contributed by atoms with Gasteiger partial charge in [0.15, 0.2) is 17.5 Å². The Kier molecular flexibility index (Phi) is 8.91. The number of guanidine groups is 1. The van der Waals surface area contributed by atoms with Crippen LogP contribution in [0.3, 0.4) is 0 Å². The van der Waals surface area contributed by atoms with Crippen LogP contribution in [0.25, 0.3) is 0 Å². The molecule has 0 aliphatic rings. The molecule has 1 unspecified atom stereocenters. The lowest BCUT2D eigenvalue weighted by Gasteiger charge is -2.19. The maximum Gasteiger partial charge on any atom is 0.191 e. The quantitative estimate of drug-likeness (QED) is 0.490. The minimum atomic E-state index is -0.136. The summed E-state index contributed by atoms with van der Waals surface area (Å²) in [6.07, 6.45) is -0.136. The number of nitrogens with zero attached hydrogens (tertiary/aromatic N) is 1. The first-order chi connectivity index (χ1) is 13.6. The van der Waals surface area contributed by atoms with Crippen LogP contribution in [0.4, 0.5) is 0 Å². The average molecular weight is 406 g/mol. The van der Waals surface area contributed by atoms with Crippen molar-refractivity contribution in [3.05, 3.63) is 58.6 Å². The van der Waals surface area contributed by atoms with Crippen LogP contribution in [0.1, 0.15) is 24.2 Å². The van der Waals surface area contributed by atoms with E-state index in [2.05, 4.69) is 15.6 Å². The Hall–Kier alpha value is -2.44. The summed E-state index contributed by atoms with van der Waals surface area (Å²) in [6, 6.07) is 13.4. The van der Waals surface area contributed by atoms with Gasteiger partial charge in [-0.3, -0.25) is 0 Å². The van der Waals surface area contributed by atoms with E-state index in [-0.39, 0.29) is 6.10 Å². The van der Waals surface area contributed by atoms with E-state index in [0.29, 0.717) is 35.6 Å². The molecule has 2 N–H and O–H groups in total. The van der Waals surface area contributed by atoms with Gasteiger partial charge in [0.05, 0.1) is 26.9 Å². The lowest BCUT2D eigenvalue weighted by atomic mass is 10.1. The van der Waals surface area contributed by atoms with Crippen LogP contribution in [-0.4, -0.2) is 40.4 Å². The van der Waals surface area contributed by atoms with Gasteiger partial charge in [0.25, 0.3) is 0 Å². The minimum Gasteiger partial charge on any atom is -0.493 e. The Bertz CT molecular complexity index is 783. The zero-order chi connectivity index (χ0) is 20.4. The summed E-state index contributed by atoms with van der Waals surface area (Å²) in [7, 11) is 4.92. The molecule has 2 rings (SSSR count). The Labute approximate surface area is 171 Å². The number of methoxy groups -OCH3 is 3. The smallest absolute Gasteiger partial charge is 0.191 e. The second kappa shape index (κ2) is 11.4. The zero-order valence-electron chi connectivity index (χ0n) is 16.8. The molecule has 152 valence electrons. The van der Waals surface area contributed by atoms with Crippen molar-refractivity contribution >= 4 is 17.6 Å². The third-order valence-electron chi connectivity index (χ3n) is 4.17. The predicted octanol–water partition coefficient (Wildman–Crippen LogP) is 3.80. The summed E-state index contributed by atoms with van der Waals surface area (Å²) in [5.41, 5.74) is 2.03. The number of hydrogen-bond acceptors (Lipinski definition) is 4.